The van der Waals surface area contributed by atoms with Crippen LogP contribution in [0.3, 0.4) is 0 Å². The third-order valence-electron chi connectivity index (χ3n) is 6.97. The van der Waals surface area contributed by atoms with Gasteiger partial charge in [0, 0.05) is 38.0 Å². The van der Waals surface area contributed by atoms with Crippen molar-refractivity contribution in [1.82, 2.24) is 4.90 Å². The Balaban J connectivity index is 1.58. The molecule has 1 saturated heterocycles. The molecule has 1 saturated carbocycles. The number of ether oxygens (including phenoxy) is 3. The second-order valence-electron chi connectivity index (χ2n) is 8.20. The summed E-state index contributed by atoms with van der Waals surface area (Å²) in [5.74, 6) is 1.90. The second-order valence-corrected chi connectivity index (χ2v) is 8.20. The van der Waals surface area contributed by atoms with E-state index in [1.807, 2.05) is 0 Å². The van der Waals surface area contributed by atoms with Gasteiger partial charge in [-0.05, 0) is 55.0 Å². The molecule has 1 aromatic carbocycles. The fourth-order valence-electron chi connectivity index (χ4n) is 5.72. The lowest BCUT2D eigenvalue weighted by Crippen LogP contribution is -2.62. The normalized spacial score (nSPS) is 29.9. The largest absolute Gasteiger partial charge is 0.497 e. The van der Waals surface area contributed by atoms with Crippen LogP contribution in [0, 0.1) is 5.92 Å². The quantitative estimate of drug-likeness (QED) is 0.688. The number of benzene rings is 1. The molecule has 3 aliphatic rings. The smallest absolute Gasteiger partial charge is 0.133 e. The third-order valence-corrected chi connectivity index (χ3v) is 6.97. The molecule has 3 atom stereocenters. The molecule has 5 heteroatoms. The SMILES string of the molecule is COCCOCCN1CC[C@]23CC(=O)CC[C@H]2[C@H]1Cc1ccc(OC)cc13. The highest BCUT2D eigenvalue weighted by atomic mass is 16.5. The standard InChI is InChI=1S/C22H31NO4/c1-25-11-12-27-10-9-23-8-7-22-15-17(24)4-6-19(22)21(23)13-16-3-5-18(26-2)14-20(16)22/h3,5,14,19,21H,4,6-13,15H2,1-2H3/t19-,21+,22-/m0/s1. The topological polar surface area (TPSA) is 48.0 Å². The highest BCUT2D eigenvalue weighted by Gasteiger charge is 2.55. The van der Waals surface area contributed by atoms with Crippen LogP contribution >= 0.6 is 0 Å². The van der Waals surface area contributed by atoms with Crippen molar-refractivity contribution in [2.45, 2.75) is 43.6 Å². The Labute approximate surface area is 162 Å². The van der Waals surface area contributed by atoms with E-state index in [-0.39, 0.29) is 5.41 Å². The van der Waals surface area contributed by atoms with Gasteiger partial charge in [0.1, 0.15) is 11.5 Å². The first-order valence-corrected chi connectivity index (χ1v) is 10.2. The number of hydrogen-bond donors (Lipinski definition) is 0. The van der Waals surface area contributed by atoms with Gasteiger partial charge in [0.15, 0.2) is 0 Å². The molecule has 0 spiro atoms. The second kappa shape index (κ2) is 7.90. The van der Waals surface area contributed by atoms with Crippen molar-refractivity contribution >= 4 is 5.78 Å². The number of fused-ring (bicyclic) bond motifs is 1. The zero-order valence-corrected chi connectivity index (χ0v) is 16.5. The minimum absolute atomic E-state index is 0.00946. The van der Waals surface area contributed by atoms with Crippen molar-refractivity contribution in [2.24, 2.45) is 5.92 Å². The maximum Gasteiger partial charge on any atom is 0.133 e. The lowest BCUT2D eigenvalue weighted by molar-refractivity contribution is -0.127. The lowest BCUT2D eigenvalue weighted by atomic mass is 9.52. The summed E-state index contributed by atoms with van der Waals surface area (Å²) in [6.45, 7) is 4.04. The third kappa shape index (κ3) is 3.41. The molecule has 1 aliphatic heterocycles. The Morgan fingerprint density at radius 2 is 2.11 bits per heavy atom. The molecule has 5 nitrogen and oxygen atoms in total. The Morgan fingerprint density at radius 1 is 1.22 bits per heavy atom. The number of piperidine rings is 1. The molecule has 1 aromatic rings. The molecule has 0 radical (unpaired) electrons. The number of nitrogens with zero attached hydrogens (tertiary/aromatic N) is 1. The summed E-state index contributed by atoms with van der Waals surface area (Å²) in [4.78, 5) is 15.1. The summed E-state index contributed by atoms with van der Waals surface area (Å²) in [6, 6.07) is 7.00. The number of rotatable bonds is 7. The minimum atomic E-state index is 0.00946. The molecule has 0 unspecified atom stereocenters. The van der Waals surface area contributed by atoms with E-state index < -0.39 is 0 Å². The first-order valence-electron chi connectivity index (χ1n) is 10.2. The van der Waals surface area contributed by atoms with Crippen LogP contribution in [0.1, 0.15) is 36.8 Å². The minimum Gasteiger partial charge on any atom is -0.497 e. The number of likely N-dealkylation sites (tertiary alicyclic amines) is 1. The van der Waals surface area contributed by atoms with Crippen molar-refractivity contribution < 1.29 is 19.0 Å². The molecule has 2 fully saturated rings. The summed E-state index contributed by atoms with van der Waals surface area (Å²) in [7, 11) is 3.42. The zero-order valence-electron chi connectivity index (χ0n) is 16.5. The van der Waals surface area contributed by atoms with E-state index in [9.17, 15) is 4.79 Å². The monoisotopic (exact) mass is 373 g/mol. The number of methoxy groups -OCH3 is 2. The van der Waals surface area contributed by atoms with Crippen molar-refractivity contribution in [1.29, 1.82) is 0 Å². The van der Waals surface area contributed by atoms with E-state index in [1.54, 1.807) is 14.2 Å². The maximum atomic E-state index is 12.5. The Hall–Kier alpha value is -1.43. The van der Waals surface area contributed by atoms with Gasteiger partial charge in [-0.1, -0.05) is 6.07 Å². The summed E-state index contributed by atoms with van der Waals surface area (Å²) < 4.78 is 16.3. The number of ketones is 1. The van der Waals surface area contributed by atoms with Gasteiger partial charge in [-0.15, -0.1) is 0 Å². The molecular formula is C22H31NO4. The summed E-state index contributed by atoms with van der Waals surface area (Å²) >= 11 is 0. The van der Waals surface area contributed by atoms with E-state index in [2.05, 4.69) is 23.1 Å². The number of carbonyl (C=O) groups excluding carboxylic acids is 1. The van der Waals surface area contributed by atoms with Crippen LogP contribution in [-0.4, -0.2) is 63.9 Å². The van der Waals surface area contributed by atoms with Gasteiger partial charge in [-0.25, -0.2) is 0 Å². The predicted octanol–water partition coefficient (Wildman–Crippen LogP) is 2.60. The van der Waals surface area contributed by atoms with Crippen molar-refractivity contribution in [3.63, 3.8) is 0 Å². The van der Waals surface area contributed by atoms with E-state index in [4.69, 9.17) is 14.2 Å². The van der Waals surface area contributed by atoms with Crippen LogP contribution in [0.5, 0.6) is 5.75 Å². The van der Waals surface area contributed by atoms with Crippen LogP contribution in [0.15, 0.2) is 18.2 Å². The molecule has 0 aromatic heterocycles. The highest BCUT2D eigenvalue weighted by Crippen LogP contribution is 2.55. The van der Waals surface area contributed by atoms with Gasteiger partial charge in [-0.3, -0.25) is 9.69 Å². The van der Waals surface area contributed by atoms with Gasteiger partial charge in [0.05, 0.1) is 26.9 Å². The van der Waals surface area contributed by atoms with Crippen LogP contribution in [0.2, 0.25) is 0 Å². The molecular weight excluding hydrogens is 342 g/mol. The first kappa shape index (κ1) is 18.9. The molecule has 4 rings (SSSR count). The van der Waals surface area contributed by atoms with Crippen LogP contribution < -0.4 is 4.74 Å². The average Bonchev–Trinajstić information content (AvgIpc) is 2.68. The van der Waals surface area contributed by atoms with Crippen molar-refractivity contribution in [2.75, 3.05) is 47.1 Å². The van der Waals surface area contributed by atoms with Gasteiger partial charge >= 0.3 is 0 Å². The van der Waals surface area contributed by atoms with Crippen LogP contribution in [-0.2, 0) is 26.1 Å². The molecule has 2 aliphatic carbocycles. The molecule has 0 N–H and O–H groups in total. The zero-order chi connectivity index (χ0) is 18.9. The lowest BCUT2D eigenvalue weighted by Gasteiger charge is -2.58. The van der Waals surface area contributed by atoms with Gasteiger partial charge in [-0.2, -0.15) is 0 Å². The fourth-order valence-corrected chi connectivity index (χ4v) is 5.72. The van der Waals surface area contributed by atoms with E-state index >= 15 is 0 Å². The Kier molecular flexibility index (Phi) is 5.53. The van der Waals surface area contributed by atoms with Crippen molar-refractivity contribution in [3.05, 3.63) is 29.3 Å². The highest BCUT2D eigenvalue weighted by molar-refractivity contribution is 5.81. The molecule has 2 bridgehead atoms. The molecule has 0 amide bonds. The fraction of sp³-hybridized carbons (Fsp3) is 0.682. The molecule has 27 heavy (non-hydrogen) atoms. The first-order chi connectivity index (χ1) is 13.2. The number of Topliss-reactive ketones (excluding diaryl/α,β-unsaturated/α-hetero) is 1. The summed E-state index contributed by atoms with van der Waals surface area (Å²) in [5.41, 5.74) is 2.79. The van der Waals surface area contributed by atoms with E-state index in [1.165, 1.54) is 11.1 Å². The van der Waals surface area contributed by atoms with Crippen molar-refractivity contribution in [3.8, 4) is 5.75 Å². The van der Waals surface area contributed by atoms with Crippen LogP contribution in [0.25, 0.3) is 0 Å². The predicted molar refractivity (Wildman–Crippen MR) is 103 cm³/mol. The van der Waals surface area contributed by atoms with Gasteiger partial charge < -0.3 is 14.2 Å². The Morgan fingerprint density at radius 3 is 2.93 bits per heavy atom. The number of carbonyl (C=O) groups is 1. The van der Waals surface area contributed by atoms with E-state index in [0.29, 0.717) is 37.4 Å². The molecule has 148 valence electrons. The van der Waals surface area contributed by atoms with Crippen LogP contribution in [0.4, 0.5) is 0 Å². The Bertz CT molecular complexity index is 691. The summed E-state index contributed by atoms with van der Waals surface area (Å²) in [6.07, 6.45) is 4.57. The average molecular weight is 373 g/mol. The molecule has 1 heterocycles. The maximum absolute atomic E-state index is 12.5. The van der Waals surface area contributed by atoms with E-state index in [0.717, 1.165) is 51.1 Å². The number of hydrogen-bond acceptors (Lipinski definition) is 5. The van der Waals surface area contributed by atoms with Gasteiger partial charge in [0.2, 0.25) is 0 Å². The van der Waals surface area contributed by atoms with Gasteiger partial charge in [0.25, 0.3) is 0 Å². The summed E-state index contributed by atoms with van der Waals surface area (Å²) in [5, 5.41) is 0.